The van der Waals surface area contributed by atoms with E-state index in [9.17, 15) is 4.79 Å². The first-order chi connectivity index (χ1) is 11.5. The molecule has 2 heterocycles. The number of hydrogen-bond donors (Lipinski definition) is 2. The Morgan fingerprint density at radius 2 is 2.12 bits per heavy atom. The van der Waals surface area contributed by atoms with Gasteiger partial charge in [0.1, 0.15) is 0 Å². The van der Waals surface area contributed by atoms with Crippen molar-refractivity contribution in [2.75, 3.05) is 18.0 Å². The summed E-state index contributed by atoms with van der Waals surface area (Å²) in [5, 5.41) is 4.42. The van der Waals surface area contributed by atoms with Crippen LogP contribution in [0.2, 0.25) is 5.02 Å². The van der Waals surface area contributed by atoms with E-state index in [0.29, 0.717) is 11.9 Å². The molecule has 0 spiro atoms. The summed E-state index contributed by atoms with van der Waals surface area (Å²) in [7, 11) is 0. The number of aromatic amines is 1. The van der Waals surface area contributed by atoms with Crippen molar-refractivity contribution in [3.8, 4) is 0 Å². The van der Waals surface area contributed by atoms with E-state index in [2.05, 4.69) is 34.0 Å². The van der Waals surface area contributed by atoms with Gasteiger partial charge in [0, 0.05) is 43.1 Å². The van der Waals surface area contributed by atoms with Crippen LogP contribution in [-0.4, -0.2) is 29.1 Å². The second kappa shape index (κ2) is 7.36. The average Bonchev–Trinajstić information content (AvgIpc) is 2.54. The maximum Gasteiger partial charge on any atom is 0.290 e. The fraction of sp³-hybridized carbons (Fsp3) is 0.444. The van der Waals surface area contributed by atoms with Crippen molar-refractivity contribution in [2.45, 2.75) is 39.3 Å². The van der Waals surface area contributed by atoms with E-state index in [0.717, 1.165) is 37.5 Å². The van der Waals surface area contributed by atoms with Crippen molar-refractivity contribution in [1.29, 1.82) is 0 Å². The minimum absolute atomic E-state index is 0.123. The van der Waals surface area contributed by atoms with Gasteiger partial charge in [0.15, 0.2) is 5.82 Å². The van der Waals surface area contributed by atoms with Crippen LogP contribution in [0.4, 0.5) is 5.82 Å². The third-order valence-corrected chi connectivity index (χ3v) is 4.86. The molecule has 6 heteroatoms. The molecule has 1 saturated heterocycles. The summed E-state index contributed by atoms with van der Waals surface area (Å²) in [6.45, 7) is 6.67. The van der Waals surface area contributed by atoms with Crippen molar-refractivity contribution >= 4 is 17.4 Å². The molecular weight excluding hydrogens is 324 g/mol. The zero-order valence-electron chi connectivity index (χ0n) is 14.1. The minimum atomic E-state index is -0.123. The second-order valence-corrected chi connectivity index (χ2v) is 6.86. The summed E-state index contributed by atoms with van der Waals surface area (Å²) in [6.07, 6.45) is 5.35. The molecule has 1 fully saturated rings. The van der Waals surface area contributed by atoms with Crippen molar-refractivity contribution in [1.82, 2.24) is 15.3 Å². The number of aromatic nitrogens is 2. The van der Waals surface area contributed by atoms with Gasteiger partial charge >= 0.3 is 0 Å². The van der Waals surface area contributed by atoms with Crippen LogP contribution in [0.1, 0.15) is 29.5 Å². The fourth-order valence-electron chi connectivity index (χ4n) is 3.37. The molecule has 2 N–H and O–H groups in total. The number of anilines is 1. The predicted octanol–water partition coefficient (Wildman–Crippen LogP) is 2.80. The molecular formula is C18H23ClN4O. The third kappa shape index (κ3) is 3.79. The van der Waals surface area contributed by atoms with Gasteiger partial charge in [-0.05, 0) is 55.5 Å². The Kier molecular flexibility index (Phi) is 5.21. The number of rotatable bonds is 4. The van der Waals surface area contributed by atoms with E-state index in [4.69, 9.17) is 11.6 Å². The Hall–Kier alpha value is -1.85. The number of piperidine rings is 1. The molecule has 24 heavy (non-hydrogen) atoms. The Morgan fingerprint density at radius 1 is 1.38 bits per heavy atom. The Balaban J connectivity index is 1.66. The molecule has 5 nitrogen and oxygen atoms in total. The molecule has 0 radical (unpaired) electrons. The average molecular weight is 347 g/mol. The summed E-state index contributed by atoms with van der Waals surface area (Å²) < 4.78 is 0. The van der Waals surface area contributed by atoms with Crippen LogP contribution in [0, 0.1) is 13.8 Å². The first-order valence-electron chi connectivity index (χ1n) is 8.32. The standard InChI is InChI=1S/C18H23ClN4O/c1-12-8-14(19)9-13(2)16(12)10-22-15-4-3-7-23(11-15)17-18(24)21-6-5-20-17/h5-6,8-9,15,22H,3-4,7,10-11H2,1-2H3,(H,21,24)/t15-/m0/s1. The minimum Gasteiger partial charge on any atom is -0.350 e. The van der Waals surface area contributed by atoms with Crippen LogP contribution in [0.15, 0.2) is 29.3 Å². The van der Waals surface area contributed by atoms with Crippen molar-refractivity contribution in [2.24, 2.45) is 0 Å². The molecule has 3 rings (SSSR count). The lowest BCUT2D eigenvalue weighted by atomic mass is 10.0. The number of benzene rings is 1. The molecule has 0 aliphatic carbocycles. The number of halogens is 1. The zero-order valence-corrected chi connectivity index (χ0v) is 14.9. The summed E-state index contributed by atoms with van der Waals surface area (Å²) in [5.41, 5.74) is 3.59. The highest BCUT2D eigenvalue weighted by Crippen LogP contribution is 2.21. The normalized spacial score (nSPS) is 18.0. The van der Waals surface area contributed by atoms with Gasteiger partial charge in [-0.25, -0.2) is 4.98 Å². The number of H-pyrrole nitrogens is 1. The molecule has 0 bridgehead atoms. The Bertz CT molecular complexity index is 751. The highest BCUT2D eigenvalue weighted by molar-refractivity contribution is 6.30. The quantitative estimate of drug-likeness (QED) is 0.893. The molecule has 1 aromatic carbocycles. The van der Waals surface area contributed by atoms with Gasteiger partial charge in [0.2, 0.25) is 0 Å². The van der Waals surface area contributed by atoms with Gasteiger partial charge in [-0.2, -0.15) is 0 Å². The van der Waals surface area contributed by atoms with Gasteiger partial charge < -0.3 is 15.2 Å². The van der Waals surface area contributed by atoms with Crippen molar-refractivity contribution in [3.63, 3.8) is 0 Å². The zero-order chi connectivity index (χ0) is 17.1. The summed E-state index contributed by atoms with van der Waals surface area (Å²) in [4.78, 5) is 20.9. The van der Waals surface area contributed by atoms with E-state index in [1.165, 1.54) is 16.7 Å². The summed E-state index contributed by atoms with van der Waals surface area (Å²) in [5.74, 6) is 0.517. The molecule has 2 aromatic rings. The van der Waals surface area contributed by atoms with Crippen LogP contribution in [-0.2, 0) is 6.54 Å². The number of nitrogens with zero attached hydrogens (tertiary/aromatic N) is 2. The van der Waals surface area contributed by atoms with Gasteiger partial charge in [0.25, 0.3) is 5.56 Å². The summed E-state index contributed by atoms with van der Waals surface area (Å²) >= 11 is 6.11. The molecule has 128 valence electrons. The van der Waals surface area contributed by atoms with Crippen molar-refractivity contribution < 1.29 is 0 Å². The second-order valence-electron chi connectivity index (χ2n) is 6.43. The molecule has 0 unspecified atom stereocenters. The van der Waals surface area contributed by atoms with E-state index in [1.807, 2.05) is 12.1 Å². The first-order valence-corrected chi connectivity index (χ1v) is 8.70. The maximum atomic E-state index is 11.9. The smallest absolute Gasteiger partial charge is 0.290 e. The predicted molar refractivity (Wildman–Crippen MR) is 97.9 cm³/mol. The van der Waals surface area contributed by atoms with E-state index in [1.54, 1.807) is 12.4 Å². The van der Waals surface area contributed by atoms with Crippen molar-refractivity contribution in [3.05, 3.63) is 56.6 Å². The van der Waals surface area contributed by atoms with Gasteiger partial charge in [0.05, 0.1) is 0 Å². The largest absolute Gasteiger partial charge is 0.350 e. The van der Waals surface area contributed by atoms with Crippen LogP contribution in [0.25, 0.3) is 0 Å². The van der Waals surface area contributed by atoms with E-state index in [-0.39, 0.29) is 5.56 Å². The number of nitrogens with one attached hydrogen (secondary N) is 2. The summed E-state index contributed by atoms with van der Waals surface area (Å²) in [6, 6.07) is 4.35. The number of hydrogen-bond acceptors (Lipinski definition) is 4. The molecule has 1 atom stereocenters. The Labute approximate surface area is 147 Å². The SMILES string of the molecule is Cc1cc(Cl)cc(C)c1CN[C@H]1CCCN(c2ncc[nH]c2=O)C1. The number of aryl methyl sites for hydroxylation is 2. The molecule has 0 amide bonds. The van der Waals surface area contributed by atoms with Crippen LogP contribution in [0.5, 0.6) is 0 Å². The Morgan fingerprint density at radius 3 is 2.83 bits per heavy atom. The van der Waals surface area contributed by atoms with Crippen LogP contribution >= 0.6 is 11.6 Å². The monoisotopic (exact) mass is 346 g/mol. The lowest BCUT2D eigenvalue weighted by Crippen LogP contribution is -2.47. The fourth-order valence-corrected chi connectivity index (χ4v) is 3.70. The topological polar surface area (TPSA) is 61.0 Å². The molecule has 1 aliphatic heterocycles. The molecule has 1 aliphatic rings. The highest BCUT2D eigenvalue weighted by atomic mass is 35.5. The van der Waals surface area contributed by atoms with E-state index < -0.39 is 0 Å². The molecule has 0 saturated carbocycles. The lowest BCUT2D eigenvalue weighted by molar-refractivity contribution is 0.418. The van der Waals surface area contributed by atoms with E-state index >= 15 is 0 Å². The maximum absolute atomic E-state index is 11.9. The first kappa shape index (κ1) is 17.0. The third-order valence-electron chi connectivity index (χ3n) is 4.64. The van der Waals surface area contributed by atoms with Crippen LogP contribution < -0.4 is 15.8 Å². The van der Waals surface area contributed by atoms with Gasteiger partial charge in [-0.15, -0.1) is 0 Å². The highest BCUT2D eigenvalue weighted by Gasteiger charge is 2.22. The lowest BCUT2D eigenvalue weighted by Gasteiger charge is -2.33. The van der Waals surface area contributed by atoms with Crippen LogP contribution in [0.3, 0.4) is 0 Å². The van der Waals surface area contributed by atoms with Gasteiger partial charge in [-0.1, -0.05) is 11.6 Å². The van der Waals surface area contributed by atoms with Gasteiger partial charge in [-0.3, -0.25) is 4.79 Å². The molecule has 1 aromatic heterocycles.